The molecule has 2 atom stereocenters. The minimum Gasteiger partial charge on any atom is -0.303 e. The molecule has 2 unspecified atom stereocenters. The highest BCUT2D eigenvalue weighted by atomic mass is 16.2. The molecule has 1 spiro atoms. The normalized spacial score (nSPS) is 43.3. The van der Waals surface area contributed by atoms with E-state index >= 15 is 0 Å². The van der Waals surface area contributed by atoms with Crippen LogP contribution in [0, 0.1) is 17.3 Å². The van der Waals surface area contributed by atoms with E-state index in [1.165, 1.54) is 12.8 Å². The van der Waals surface area contributed by atoms with E-state index in [0.29, 0.717) is 12.3 Å². The molecule has 4 heteroatoms. The Morgan fingerprint density at radius 2 is 2.06 bits per heavy atom. The molecule has 4 saturated heterocycles. The van der Waals surface area contributed by atoms with Gasteiger partial charge in [-0.2, -0.15) is 0 Å². The van der Waals surface area contributed by atoms with Crippen LogP contribution < -0.4 is 5.32 Å². The van der Waals surface area contributed by atoms with Crippen molar-refractivity contribution in [3.8, 4) is 0 Å². The molecular formula is C14H22N2O2. The van der Waals surface area contributed by atoms with Crippen molar-refractivity contribution in [2.45, 2.75) is 39.0 Å². The van der Waals surface area contributed by atoms with Gasteiger partial charge in [-0.1, -0.05) is 13.3 Å². The zero-order chi connectivity index (χ0) is 12.8. The maximum absolute atomic E-state index is 12.2. The topological polar surface area (TPSA) is 49.4 Å². The van der Waals surface area contributed by atoms with Gasteiger partial charge in [0.25, 0.3) is 0 Å². The molecule has 4 rings (SSSR count). The summed E-state index contributed by atoms with van der Waals surface area (Å²) in [4.78, 5) is 26.5. The molecule has 0 saturated carbocycles. The predicted octanol–water partition coefficient (Wildman–Crippen LogP) is 1.16. The lowest BCUT2D eigenvalue weighted by atomic mass is 9.56. The van der Waals surface area contributed by atoms with E-state index in [4.69, 9.17) is 0 Å². The molecule has 18 heavy (non-hydrogen) atoms. The van der Waals surface area contributed by atoms with Crippen molar-refractivity contribution in [1.82, 2.24) is 10.2 Å². The van der Waals surface area contributed by atoms with Gasteiger partial charge in [0, 0.05) is 24.3 Å². The fourth-order valence-corrected chi connectivity index (χ4v) is 4.47. The summed E-state index contributed by atoms with van der Waals surface area (Å²) < 4.78 is 0. The number of nitrogens with zero attached hydrogens (tertiary/aromatic N) is 1. The van der Waals surface area contributed by atoms with Gasteiger partial charge in [0.05, 0.1) is 0 Å². The van der Waals surface area contributed by atoms with Gasteiger partial charge in [-0.05, 0) is 38.3 Å². The minimum atomic E-state index is -0.0545. The molecule has 4 heterocycles. The zero-order valence-electron chi connectivity index (χ0n) is 11.1. The number of piperidine rings is 4. The monoisotopic (exact) mass is 250 g/mol. The second kappa shape index (κ2) is 4.34. The van der Waals surface area contributed by atoms with Crippen LogP contribution in [0.15, 0.2) is 0 Å². The van der Waals surface area contributed by atoms with Gasteiger partial charge in [-0.15, -0.1) is 0 Å². The van der Waals surface area contributed by atoms with Gasteiger partial charge in [0.1, 0.15) is 0 Å². The standard InChI is InChI=1S/C14H22N2O2/c1-2-3-11-13(18)15-12(17)8-14(11)9-16-6-4-10(14)5-7-16/h10-11H,2-9H2,1H3,(H,15,17,18). The van der Waals surface area contributed by atoms with Crippen LogP contribution in [0.4, 0.5) is 0 Å². The molecule has 0 aromatic carbocycles. The first-order chi connectivity index (χ1) is 8.65. The maximum atomic E-state index is 12.2. The van der Waals surface area contributed by atoms with Crippen molar-refractivity contribution in [2.24, 2.45) is 17.3 Å². The van der Waals surface area contributed by atoms with Gasteiger partial charge < -0.3 is 4.90 Å². The van der Waals surface area contributed by atoms with Crippen LogP contribution in [-0.2, 0) is 9.59 Å². The molecule has 2 bridgehead atoms. The summed E-state index contributed by atoms with van der Waals surface area (Å²) in [7, 11) is 0. The van der Waals surface area contributed by atoms with Crippen LogP contribution in [0.2, 0.25) is 0 Å². The average molecular weight is 250 g/mol. The van der Waals surface area contributed by atoms with Crippen LogP contribution in [0.3, 0.4) is 0 Å². The largest absolute Gasteiger partial charge is 0.303 e. The predicted molar refractivity (Wildman–Crippen MR) is 67.8 cm³/mol. The average Bonchev–Trinajstić information content (AvgIpc) is 2.35. The first kappa shape index (κ1) is 12.2. The lowest BCUT2D eigenvalue weighted by molar-refractivity contribution is -0.157. The number of fused-ring (bicyclic) bond motifs is 2. The summed E-state index contributed by atoms with van der Waals surface area (Å²) in [5, 5.41) is 2.55. The Hall–Kier alpha value is -0.900. The van der Waals surface area contributed by atoms with Gasteiger partial charge in [0.15, 0.2) is 0 Å². The van der Waals surface area contributed by atoms with Crippen molar-refractivity contribution in [1.29, 1.82) is 0 Å². The van der Waals surface area contributed by atoms with Crippen molar-refractivity contribution < 1.29 is 9.59 Å². The SMILES string of the molecule is CCCC1C(=O)NC(=O)CC12CN1CCC2CC1. The molecule has 1 N–H and O–H groups in total. The molecule has 2 amide bonds. The third-order valence-electron chi connectivity index (χ3n) is 5.26. The summed E-state index contributed by atoms with van der Waals surface area (Å²) in [5.41, 5.74) is -0.0497. The zero-order valence-corrected chi connectivity index (χ0v) is 11.1. The Morgan fingerprint density at radius 3 is 2.61 bits per heavy atom. The third-order valence-corrected chi connectivity index (χ3v) is 5.26. The summed E-state index contributed by atoms with van der Waals surface area (Å²) in [6, 6.07) is 0. The number of carbonyl (C=O) groups is 2. The molecule has 4 fully saturated rings. The molecule has 4 nitrogen and oxygen atoms in total. The Labute approximate surface area is 108 Å². The van der Waals surface area contributed by atoms with Crippen LogP contribution in [0.5, 0.6) is 0 Å². The van der Waals surface area contributed by atoms with Crippen LogP contribution >= 0.6 is 0 Å². The number of hydrogen-bond donors (Lipinski definition) is 1. The first-order valence-electron chi connectivity index (χ1n) is 7.22. The van der Waals surface area contributed by atoms with Crippen LogP contribution in [0.1, 0.15) is 39.0 Å². The van der Waals surface area contributed by atoms with E-state index in [-0.39, 0.29) is 23.1 Å². The summed E-state index contributed by atoms with van der Waals surface area (Å²) in [5.74, 6) is 0.560. The van der Waals surface area contributed by atoms with E-state index in [0.717, 1.165) is 32.5 Å². The van der Waals surface area contributed by atoms with Crippen LogP contribution in [-0.4, -0.2) is 36.3 Å². The van der Waals surface area contributed by atoms with Gasteiger partial charge >= 0.3 is 0 Å². The number of imide groups is 1. The molecule has 100 valence electrons. The number of nitrogens with one attached hydrogen (secondary N) is 1. The van der Waals surface area contributed by atoms with E-state index in [2.05, 4.69) is 17.1 Å². The Kier molecular flexibility index (Phi) is 2.93. The Balaban J connectivity index is 1.94. The van der Waals surface area contributed by atoms with E-state index in [1.807, 2.05) is 0 Å². The van der Waals surface area contributed by atoms with Crippen molar-refractivity contribution in [3.05, 3.63) is 0 Å². The second-order valence-corrected chi connectivity index (χ2v) is 6.21. The highest BCUT2D eigenvalue weighted by molar-refractivity contribution is 5.99. The van der Waals surface area contributed by atoms with Crippen molar-refractivity contribution >= 4 is 11.8 Å². The van der Waals surface area contributed by atoms with Crippen LogP contribution in [0.25, 0.3) is 0 Å². The second-order valence-electron chi connectivity index (χ2n) is 6.21. The van der Waals surface area contributed by atoms with Gasteiger partial charge in [0.2, 0.25) is 11.8 Å². The smallest absolute Gasteiger partial charge is 0.230 e. The van der Waals surface area contributed by atoms with Gasteiger partial charge in [-0.3, -0.25) is 14.9 Å². The summed E-state index contributed by atoms with van der Waals surface area (Å²) >= 11 is 0. The summed E-state index contributed by atoms with van der Waals surface area (Å²) in [6.07, 6.45) is 4.83. The minimum absolute atomic E-state index is 0.0122. The fourth-order valence-electron chi connectivity index (χ4n) is 4.47. The van der Waals surface area contributed by atoms with Crippen molar-refractivity contribution in [2.75, 3.05) is 19.6 Å². The first-order valence-corrected chi connectivity index (χ1v) is 7.22. The molecule has 0 radical (unpaired) electrons. The lowest BCUT2D eigenvalue weighted by Crippen LogP contribution is -2.64. The lowest BCUT2D eigenvalue weighted by Gasteiger charge is -2.57. The molecule has 4 aliphatic rings. The highest BCUT2D eigenvalue weighted by Gasteiger charge is 2.56. The van der Waals surface area contributed by atoms with E-state index < -0.39 is 0 Å². The third kappa shape index (κ3) is 1.69. The molecule has 0 aromatic heterocycles. The fraction of sp³-hybridized carbons (Fsp3) is 0.857. The Bertz CT molecular complexity index is 374. The molecule has 4 aliphatic heterocycles. The Morgan fingerprint density at radius 1 is 1.33 bits per heavy atom. The number of hydrogen-bond acceptors (Lipinski definition) is 3. The van der Waals surface area contributed by atoms with Gasteiger partial charge in [-0.25, -0.2) is 0 Å². The number of amides is 2. The number of carbonyl (C=O) groups excluding carboxylic acids is 2. The molecular weight excluding hydrogens is 228 g/mol. The van der Waals surface area contributed by atoms with Crippen molar-refractivity contribution in [3.63, 3.8) is 0 Å². The van der Waals surface area contributed by atoms with E-state index in [9.17, 15) is 9.59 Å². The molecule has 0 aromatic rings. The molecule has 0 aliphatic carbocycles. The maximum Gasteiger partial charge on any atom is 0.230 e. The number of rotatable bonds is 2. The summed E-state index contributed by atoms with van der Waals surface area (Å²) in [6.45, 7) is 5.39. The highest BCUT2D eigenvalue weighted by Crippen LogP contribution is 2.52. The van der Waals surface area contributed by atoms with E-state index in [1.54, 1.807) is 0 Å². The quantitative estimate of drug-likeness (QED) is 0.748.